The molecule has 0 aliphatic carbocycles. The number of hydrogen-bond donors (Lipinski definition) is 2. The molecule has 0 bridgehead atoms. The molecule has 2 aromatic carbocycles. The third kappa shape index (κ3) is 5.39. The van der Waals surface area contributed by atoms with Crippen LogP contribution in [-0.4, -0.2) is 61.3 Å². The zero-order valence-electron chi connectivity index (χ0n) is 19.3. The number of aliphatic hydroxyl groups excluding tert-OH is 1. The van der Waals surface area contributed by atoms with E-state index < -0.39 is 40.3 Å². The van der Waals surface area contributed by atoms with E-state index in [9.17, 15) is 26.7 Å². The molecule has 0 radical (unpaired) electrons. The van der Waals surface area contributed by atoms with Gasteiger partial charge in [0.2, 0.25) is 10.0 Å². The van der Waals surface area contributed by atoms with E-state index in [1.807, 2.05) is 29.2 Å². The van der Waals surface area contributed by atoms with Crippen LogP contribution in [0.4, 0.5) is 24.7 Å². The van der Waals surface area contributed by atoms with Crippen molar-refractivity contribution in [3.63, 3.8) is 0 Å². The Morgan fingerprint density at radius 1 is 1.05 bits per heavy atom. The SMILES string of the molecule is O=S(=O)(NC1COCC(N2c3ccccc3CCc3cncnc32)[C@@H]1O)c1ccc(OC(F)(F)F)cc1. The fourth-order valence-corrected chi connectivity index (χ4v) is 5.86. The van der Waals surface area contributed by atoms with Gasteiger partial charge in [-0.25, -0.2) is 23.1 Å². The molecule has 196 valence electrons. The topological polar surface area (TPSA) is 114 Å². The first kappa shape index (κ1) is 25.4. The van der Waals surface area contributed by atoms with E-state index in [4.69, 9.17) is 4.74 Å². The number of rotatable bonds is 5. The molecule has 1 aromatic heterocycles. The van der Waals surface area contributed by atoms with Crippen LogP contribution in [0.25, 0.3) is 0 Å². The molecule has 13 heteroatoms. The maximum Gasteiger partial charge on any atom is 0.573 e. The lowest BCUT2D eigenvalue weighted by atomic mass is 9.99. The summed E-state index contributed by atoms with van der Waals surface area (Å²) in [6.07, 6.45) is -1.53. The molecule has 2 N–H and O–H groups in total. The molecule has 2 aliphatic rings. The van der Waals surface area contributed by atoms with E-state index in [1.165, 1.54) is 6.33 Å². The normalized spacial score (nSPS) is 22.1. The number of ether oxygens (including phenoxy) is 2. The second-order valence-electron chi connectivity index (χ2n) is 8.71. The molecule has 5 rings (SSSR count). The van der Waals surface area contributed by atoms with Gasteiger partial charge in [-0.05, 0) is 48.7 Å². The number of anilines is 2. The van der Waals surface area contributed by atoms with Gasteiger partial charge in [-0.1, -0.05) is 18.2 Å². The highest BCUT2D eigenvalue weighted by atomic mass is 32.2. The summed E-state index contributed by atoms with van der Waals surface area (Å²) in [4.78, 5) is 10.2. The highest BCUT2D eigenvalue weighted by Crippen LogP contribution is 2.38. The number of hydrogen-bond acceptors (Lipinski definition) is 8. The first-order chi connectivity index (χ1) is 17.6. The smallest absolute Gasteiger partial charge is 0.406 e. The average Bonchev–Trinajstić information content (AvgIpc) is 3.02. The van der Waals surface area contributed by atoms with Gasteiger partial charge in [-0.15, -0.1) is 13.2 Å². The molecule has 2 aliphatic heterocycles. The van der Waals surface area contributed by atoms with Crippen molar-refractivity contribution in [1.82, 2.24) is 14.7 Å². The quantitative estimate of drug-likeness (QED) is 0.512. The van der Waals surface area contributed by atoms with Crippen LogP contribution in [0.15, 0.2) is 66.0 Å². The Bertz CT molecular complexity index is 1320. The fraction of sp³-hybridized carbons (Fsp3) is 0.333. The third-order valence-corrected chi connectivity index (χ3v) is 7.81. The van der Waals surface area contributed by atoms with Crippen molar-refractivity contribution in [2.24, 2.45) is 0 Å². The van der Waals surface area contributed by atoms with Crippen LogP contribution in [0, 0.1) is 0 Å². The molecule has 0 saturated carbocycles. The first-order valence-corrected chi connectivity index (χ1v) is 12.9. The zero-order chi connectivity index (χ0) is 26.2. The lowest BCUT2D eigenvalue weighted by Gasteiger charge is -2.42. The molecule has 1 saturated heterocycles. The molecule has 3 atom stereocenters. The highest BCUT2D eigenvalue weighted by molar-refractivity contribution is 7.89. The molecule has 3 aromatic rings. The van der Waals surface area contributed by atoms with E-state index >= 15 is 0 Å². The minimum absolute atomic E-state index is 0.0989. The minimum Gasteiger partial charge on any atom is -0.406 e. The second-order valence-corrected chi connectivity index (χ2v) is 10.4. The minimum atomic E-state index is -4.90. The van der Waals surface area contributed by atoms with Crippen LogP contribution >= 0.6 is 0 Å². The van der Waals surface area contributed by atoms with Gasteiger partial charge in [0.25, 0.3) is 0 Å². The van der Waals surface area contributed by atoms with E-state index in [0.717, 1.165) is 47.5 Å². The lowest BCUT2D eigenvalue weighted by molar-refractivity contribution is -0.274. The summed E-state index contributed by atoms with van der Waals surface area (Å²) in [7, 11) is -4.21. The molecule has 37 heavy (non-hydrogen) atoms. The van der Waals surface area contributed by atoms with E-state index in [1.54, 1.807) is 6.20 Å². The van der Waals surface area contributed by atoms with Crippen LogP contribution in [0.3, 0.4) is 0 Å². The van der Waals surface area contributed by atoms with Crippen molar-refractivity contribution in [2.45, 2.75) is 42.3 Å². The number of sulfonamides is 1. The van der Waals surface area contributed by atoms with Crippen LogP contribution in [-0.2, 0) is 27.6 Å². The summed E-state index contributed by atoms with van der Waals surface area (Å²) in [5.74, 6) is 0.0596. The Morgan fingerprint density at radius 3 is 2.54 bits per heavy atom. The first-order valence-electron chi connectivity index (χ1n) is 11.4. The number of fused-ring (bicyclic) bond motifs is 2. The maximum absolute atomic E-state index is 13.0. The lowest BCUT2D eigenvalue weighted by Crippen LogP contribution is -2.60. The molecule has 3 heterocycles. The number of nitrogens with one attached hydrogen (secondary N) is 1. The van der Waals surface area contributed by atoms with Crippen molar-refractivity contribution in [3.8, 4) is 5.75 Å². The number of aliphatic hydroxyl groups is 1. The van der Waals surface area contributed by atoms with E-state index in [0.29, 0.717) is 12.2 Å². The number of nitrogens with zero attached hydrogens (tertiary/aromatic N) is 3. The number of benzene rings is 2. The standard InChI is InChI=1S/C24H23F3N4O5S/c25-24(26,27)36-17-7-9-18(10-8-17)37(33,34)30-19-12-35-13-21(22(19)32)31-20-4-2-1-3-15(20)5-6-16-11-28-14-29-23(16)31/h1-4,7-11,14,19,21-22,30,32H,5-6,12-13H2/t19?,21?,22-/m1/s1. The van der Waals surface area contributed by atoms with Gasteiger partial charge < -0.3 is 19.5 Å². The van der Waals surface area contributed by atoms with Crippen molar-refractivity contribution in [1.29, 1.82) is 0 Å². The Morgan fingerprint density at radius 2 is 1.78 bits per heavy atom. The van der Waals surface area contributed by atoms with Crippen molar-refractivity contribution in [2.75, 3.05) is 18.1 Å². The van der Waals surface area contributed by atoms with Gasteiger partial charge in [0.05, 0.1) is 36.3 Å². The van der Waals surface area contributed by atoms with Gasteiger partial charge in [0, 0.05) is 17.4 Å². The Hall–Kier alpha value is -3.26. The summed E-state index contributed by atoms with van der Waals surface area (Å²) < 4.78 is 75.2. The Kier molecular flexibility index (Phi) is 6.79. The maximum atomic E-state index is 13.0. The molecular formula is C24H23F3N4O5S. The molecular weight excluding hydrogens is 513 g/mol. The number of halogens is 3. The van der Waals surface area contributed by atoms with Crippen LogP contribution in [0.1, 0.15) is 11.1 Å². The number of aromatic nitrogens is 2. The summed E-state index contributed by atoms with van der Waals surface area (Å²) >= 11 is 0. The van der Waals surface area contributed by atoms with Crippen molar-refractivity contribution in [3.05, 3.63) is 72.2 Å². The fourth-order valence-electron chi connectivity index (χ4n) is 4.62. The van der Waals surface area contributed by atoms with Gasteiger partial charge in [-0.2, -0.15) is 0 Å². The van der Waals surface area contributed by atoms with Crippen LogP contribution in [0.2, 0.25) is 0 Å². The molecule has 0 spiro atoms. The molecule has 0 amide bonds. The summed E-state index contributed by atoms with van der Waals surface area (Å²) in [6, 6.07) is 9.79. The van der Waals surface area contributed by atoms with Gasteiger partial charge >= 0.3 is 6.36 Å². The van der Waals surface area contributed by atoms with Gasteiger partial charge in [0.1, 0.15) is 17.9 Å². The number of para-hydroxylation sites is 1. The second kappa shape index (κ2) is 9.89. The third-order valence-electron chi connectivity index (χ3n) is 6.31. The van der Waals surface area contributed by atoms with Crippen molar-refractivity contribution >= 4 is 21.5 Å². The summed E-state index contributed by atoms with van der Waals surface area (Å²) in [5, 5.41) is 11.4. The average molecular weight is 537 g/mol. The van der Waals surface area contributed by atoms with E-state index in [2.05, 4.69) is 19.4 Å². The van der Waals surface area contributed by atoms with Crippen LogP contribution < -0.4 is 14.4 Å². The molecule has 9 nitrogen and oxygen atoms in total. The zero-order valence-corrected chi connectivity index (χ0v) is 20.1. The highest BCUT2D eigenvalue weighted by Gasteiger charge is 2.41. The largest absolute Gasteiger partial charge is 0.573 e. The Labute approximate surface area is 210 Å². The molecule has 2 unspecified atom stereocenters. The predicted octanol–water partition coefficient (Wildman–Crippen LogP) is 2.72. The van der Waals surface area contributed by atoms with Gasteiger partial charge in [-0.3, -0.25) is 0 Å². The van der Waals surface area contributed by atoms with Gasteiger partial charge in [0.15, 0.2) is 0 Å². The van der Waals surface area contributed by atoms with E-state index in [-0.39, 0.29) is 18.1 Å². The number of aryl methyl sites for hydroxylation is 2. The van der Waals surface area contributed by atoms with Crippen LogP contribution in [0.5, 0.6) is 5.75 Å². The number of alkyl halides is 3. The predicted molar refractivity (Wildman–Crippen MR) is 126 cm³/mol. The molecule has 1 fully saturated rings. The Balaban J connectivity index is 1.41. The summed E-state index contributed by atoms with van der Waals surface area (Å²) in [6.45, 7) is 0.0128. The van der Waals surface area contributed by atoms with Crippen molar-refractivity contribution < 1.29 is 36.2 Å². The monoisotopic (exact) mass is 536 g/mol. The summed E-state index contributed by atoms with van der Waals surface area (Å²) in [5.41, 5.74) is 2.75.